The molecule has 0 unspecified atom stereocenters. The Labute approximate surface area is 155 Å². The molecule has 3 aromatic carbocycles. The second-order valence-electron chi connectivity index (χ2n) is 6.14. The van der Waals surface area contributed by atoms with Gasteiger partial charge in [0.2, 0.25) is 0 Å². The largest absolute Gasteiger partial charge is 0.418 e. The van der Waals surface area contributed by atoms with Crippen LogP contribution in [0, 0.1) is 0 Å². The van der Waals surface area contributed by atoms with E-state index in [1.807, 2.05) is 42.5 Å². The Bertz CT molecular complexity index is 920. The van der Waals surface area contributed by atoms with Crippen molar-refractivity contribution in [3.05, 3.63) is 101 Å². The number of hydrogen-bond acceptors (Lipinski definition) is 1. The molecule has 138 valence electrons. The number of aryl methyl sites for hydroxylation is 2. The fourth-order valence-corrected chi connectivity index (χ4v) is 2.91. The number of alkyl halides is 3. The summed E-state index contributed by atoms with van der Waals surface area (Å²) in [5.74, 6) is -0.546. The molecule has 1 amide bonds. The van der Waals surface area contributed by atoms with Gasteiger partial charge in [-0.2, -0.15) is 13.2 Å². The smallest absolute Gasteiger partial charge is 0.321 e. The van der Waals surface area contributed by atoms with Gasteiger partial charge in [0.25, 0.3) is 5.91 Å². The SMILES string of the molecule is O=C(Nc1ccccc1C(F)(F)F)c1ccccc1CCc1ccccc1. The molecule has 0 aliphatic carbocycles. The third-order valence-corrected chi connectivity index (χ3v) is 4.27. The van der Waals surface area contributed by atoms with Gasteiger partial charge in [0.1, 0.15) is 0 Å². The minimum absolute atomic E-state index is 0.243. The molecule has 0 atom stereocenters. The number of para-hydroxylation sites is 1. The molecule has 0 heterocycles. The fourth-order valence-electron chi connectivity index (χ4n) is 2.91. The van der Waals surface area contributed by atoms with E-state index < -0.39 is 17.6 Å². The monoisotopic (exact) mass is 369 g/mol. The molecular formula is C22H18F3NO. The van der Waals surface area contributed by atoms with Gasteiger partial charge in [-0.25, -0.2) is 0 Å². The first-order chi connectivity index (χ1) is 12.9. The number of hydrogen-bond donors (Lipinski definition) is 1. The van der Waals surface area contributed by atoms with Crippen LogP contribution in [0.2, 0.25) is 0 Å². The third kappa shape index (κ3) is 4.76. The summed E-state index contributed by atoms with van der Waals surface area (Å²) in [6.07, 6.45) is -3.17. The van der Waals surface area contributed by atoms with Crippen molar-refractivity contribution in [1.82, 2.24) is 0 Å². The lowest BCUT2D eigenvalue weighted by molar-refractivity contribution is -0.136. The van der Waals surface area contributed by atoms with Gasteiger partial charge < -0.3 is 5.32 Å². The van der Waals surface area contributed by atoms with Crippen molar-refractivity contribution in [2.45, 2.75) is 19.0 Å². The molecule has 0 bridgehead atoms. The van der Waals surface area contributed by atoms with Crippen LogP contribution in [-0.2, 0) is 19.0 Å². The lowest BCUT2D eigenvalue weighted by Crippen LogP contribution is -2.18. The van der Waals surface area contributed by atoms with Gasteiger partial charge in [0.15, 0.2) is 0 Å². The van der Waals surface area contributed by atoms with E-state index in [2.05, 4.69) is 5.32 Å². The summed E-state index contributed by atoms with van der Waals surface area (Å²) in [5.41, 5.74) is 1.21. The molecule has 0 fully saturated rings. The molecule has 3 aromatic rings. The Morgan fingerprint density at radius 1 is 0.778 bits per heavy atom. The second-order valence-corrected chi connectivity index (χ2v) is 6.14. The van der Waals surface area contributed by atoms with E-state index in [0.29, 0.717) is 12.0 Å². The van der Waals surface area contributed by atoms with E-state index in [9.17, 15) is 18.0 Å². The van der Waals surface area contributed by atoms with Crippen LogP contribution in [0.25, 0.3) is 0 Å². The van der Waals surface area contributed by atoms with Crippen molar-refractivity contribution in [2.24, 2.45) is 0 Å². The summed E-state index contributed by atoms with van der Waals surface area (Å²) < 4.78 is 39.4. The Kier molecular flexibility index (Phi) is 5.60. The molecule has 5 heteroatoms. The average molecular weight is 369 g/mol. The van der Waals surface area contributed by atoms with E-state index in [1.165, 1.54) is 18.2 Å². The van der Waals surface area contributed by atoms with Gasteiger partial charge in [0.05, 0.1) is 11.3 Å². The molecule has 0 spiro atoms. The minimum atomic E-state index is -4.53. The maximum Gasteiger partial charge on any atom is 0.418 e. The number of halogens is 3. The zero-order chi connectivity index (χ0) is 19.3. The second kappa shape index (κ2) is 8.08. The predicted molar refractivity (Wildman–Crippen MR) is 99.7 cm³/mol. The maximum absolute atomic E-state index is 13.1. The lowest BCUT2D eigenvalue weighted by Gasteiger charge is -2.15. The van der Waals surface area contributed by atoms with Gasteiger partial charge in [0, 0.05) is 5.56 Å². The van der Waals surface area contributed by atoms with E-state index in [1.54, 1.807) is 12.1 Å². The van der Waals surface area contributed by atoms with E-state index in [0.717, 1.165) is 23.6 Å². The first-order valence-corrected chi connectivity index (χ1v) is 8.54. The van der Waals surface area contributed by atoms with Crippen LogP contribution < -0.4 is 5.32 Å². The van der Waals surface area contributed by atoms with Crippen LogP contribution in [0.1, 0.15) is 27.0 Å². The molecule has 0 aliphatic heterocycles. The molecule has 3 rings (SSSR count). The highest BCUT2D eigenvalue weighted by Crippen LogP contribution is 2.34. The van der Waals surface area contributed by atoms with Crippen molar-refractivity contribution >= 4 is 11.6 Å². The molecular weight excluding hydrogens is 351 g/mol. The average Bonchev–Trinajstić information content (AvgIpc) is 2.67. The highest BCUT2D eigenvalue weighted by atomic mass is 19.4. The van der Waals surface area contributed by atoms with Crippen molar-refractivity contribution < 1.29 is 18.0 Å². The normalized spacial score (nSPS) is 11.2. The topological polar surface area (TPSA) is 29.1 Å². The Morgan fingerprint density at radius 3 is 2.15 bits per heavy atom. The van der Waals surface area contributed by atoms with Gasteiger partial charge >= 0.3 is 6.18 Å². The summed E-state index contributed by atoms with van der Waals surface area (Å²) in [4.78, 5) is 12.6. The first-order valence-electron chi connectivity index (χ1n) is 8.54. The minimum Gasteiger partial charge on any atom is -0.321 e. The Balaban J connectivity index is 1.80. The number of anilines is 1. The third-order valence-electron chi connectivity index (χ3n) is 4.27. The molecule has 2 nitrogen and oxygen atoms in total. The van der Waals surface area contributed by atoms with Crippen molar-refractivity contribution in [3.8, 4) is 0 Å². The van der Waals surface area contributed by atoms with E-state index in [4.69, 9.17) is 0 Å². The van der Waals surface area contributed by atoms with Gasteiger partial charge in [-0.15, -0.1) is 0 Å². The van der Waals surface area contributed by atoms with Crippen LogP contribution in [0.4, 0.5) is 18.9 Å². The summed E-state index contributed by atoms with van der Waals surface area (Å²) in [6, 6.07) is 21.8. The zero-order valence-electron chi connectivity index (χ0n) is 14.5. The van der Waals surface area contributed by atoms with E-state index >= 15 is 0 Å². The van der Waals surface area contributed by atoms with E-state index in [-0.39, 0.29) is 5.69 Å². The Hall–Kier alpha value is -3.08. The van der Waals surface area contributed by atoms with Crippen LogP contribution in [-0.4, -0.2) is 5.91 Å². The fraction of sp³-hybridized carbons (Fsp3) is 0.136. The summed E-state index contributed by atoms with van der Waals surface area (Å²) in [6.45, 7) is 0. The Morgan fingerprint density at radius 2 is 1.41 bits per heavy atom. The molecule has 27 heavy (non-hydrogen) atoms. The van der Waals surface area contributed by atoms with Crippen LogP contribution in [0.15, 0.2) is 78.9 Å². The number of nitrogens with one attached hydrogen (secondary N) is 1. The quantitative estimate of drug-likeness (QED) is 0.610. The van der Waals surface area contributed by atoms with Gasteiger partial charge in [-0.1, -0.05) is 60.7 Å². The number of benzene rings is 3. The molecule has 0 aromatic heterocycles. The molecule has 0 saturated heterocycles. The van der Waals surface area contributed by atoms with Gasteiger partial charge in [-0.3, -0.25) is 4.79 Å². The van der Waals surface area contributed by atoms with Crippen molar-refractivity contribution in [1.29, 1.82) is 0 Å². The van der Waals surface area contributed by atoms with Gasteiger partial charge in [-0.05, 0) is 42.2 Å². The molecule has 0 radical (unpaired) electrons. The number of carbonyl (C=O) groups excluding carboxylic acids is 1. The number of carbonyl (C=O) groups is 1. The zero-order valence-corrected chi connectivity index (χ0v) is 14.5. The lowest BCUT2D eigenvalue weighted by atomic mass is 9.99. The highest BCUT2D eigenvalue weighted by Gasteiger charge is 2.33. The summed E-state index contributed by atoms with van der Waals surface area (Å²) in [7, 11) is 0. The molecule has 1 N–H and O–H groups in total. The number of amides is 1. The van der Waals surface area contributed by atoms with Crippen molar-refractivity contribution in [2.75, 3.05) is 5.32 Å². The predicted octanol–water partition coefficient (Wildman–Crippen LogP) is 5.74. The standard InChI is InChI=1S/C22H18F3NO/c23-22(24,25)19-12-6-7-13-20(19)26-21(27)18-11-5-4-10-17(18)15-14-16-8-2-1-3-9-16/h1-13H,14-15H2,(H,26,27). The highest BCUT2D eigenvalue weighted by molar-refractivity contribution is 6.05. The summed E-state index contributed by atoms with van der Waals surface area (Å²) in [5, 5.41) is 2.41. The van der Waals surface area contributed by atoms with Crippen LogP contribution in [0.3, 0.4) is 0 Å². The first kappa shape index (κ1) is 18.7. The van der Waals surface area contributed by atoms with Crippen molar-refractivity contribution in [3.63, 3.8) is 0 Å². The molecule has 0 saturated carbocycles. The van der Waals surface area contributed by atoms with Crippen LogP contribution in [0.5, 0.6) is 0 Å². The summed E-state index contributed by atoms with van der Waals surface area (Å²) >= 11 is 0. The molecule has 0 aliphatic rings. The van der Waals surface area contributed by atoms with Crippen LogP contribution >= 0.6 is 0 Å². The number of rotatable bonds is 5. The maximum atomic E-state index is 13.1.